The Hall–Kier alpha value is -2.85. The van der Waals surface area contributed by atoms with E-state index in [1.165, 1.54) is 19.2 Å². The maximum absolute atomic E-state index is 11.9. The minimum absolute atomic E-state index is 0.139. The standard InChI is InChI=1S/C13H11N3O4/c1-15-10(17)6-11(18)16(13(15)20)12(19)9-5-3-2-4-8(9)7-14/h2-6,12,17,19H,1H3. The second kappa shape index (κ2) is 5.03. The van der Waals surface area contributed by atoms with E-state index in [0.717, 1.165) is 10.6 Å². The molecule has 1 aromatic carbocycles. The molecule has 1 unspecified atom stereocenters. The zero-order valence-electron chi connectivity index (χ0n) is 10.5. The molecule has 0 aliphatic carbocycles. The Morgan fingerprint density at radius 1 is 1.30 bits per heavy atom. The van der Waals surface area contributed by atoms with Crippen molar-refractivity contribution in [3.63, 3.8) is 0 Å². The molecule has 0 radical (unpaired) electrons. The Morgan fingerprint density at radius 3 is 2.60 bits per heavy atom. The van der Waals surface area contributed by atoms with Gasteiger partial charge >= 0.3 is 5.69 Å². The van der Waals surface area contributed by atoms with Crippen LogP contribution in [-0.4, -0.2) is 19.3 Å². The average molecular weight is 273 g/mol. The van der Waals surface area contributed by atoms with Crippen LogP contribution >= 0.6 is 0 Å². The maximum atomic E-state index is 11.9. The molecule has 1 atom stereocenters. The van der Waals surface area contributed by atoms with Gasteiger partial charge in [-0.2, -0.15) is 5.26 Å². The van der Waals surface area contributed by atoms with E-state index in [0.29, 0.717) is 4.57 Å². The van der Waals surface area contributed by atoms with Crippen molar-refractivity contribution in [2.75, 3.05) is 0 Å². The fourth-order valence-electron chi connectivity index (χ4n) is 1.82. The van der Waals surface area contributed by atoms with Gasteiger partial charge in [-0.25, -0.2) is 9.36 Å². The molecule has 1 aromatic heterocycles. The van der Waals surface area contributed by atoms with Gasteiger partial charge < -0.3 is 10.2 Å². The predicted octanol–water partition coefficient (Wildman–Crippen LogP) is -0.337. The van der Waals surface area contributed by atoms with Crippen molar-refractivity contribution < 1.29 is 10.2 Å². The van der Waals surface area contributed by atoms with Crippen LogP contribution in [-0.2, 0) is 7.05 Å². The highest BCUT2D eigenvalue weighted by molar-refractivity contribution is 5.38. The summed E-state index contributed by atoms with van der Waals surface area (Å²) in [6, 6.07) is 8.79. The summed E-state index contributed by atoms with van der Waals surface area (Å²) >= 11 is 0. The quantitative estimate of drug-likeness (QED) is 0.778. The molecule has 7 heteroatoms. The molecular weight excluding hydrogens is 262 g/mol. The van der Waals surface area contributed by atoms with Gasteiger partial charge in [-0.15, -0.1) is 0 Å². The third kappa shape index (κ3) is 2.08. The smallest absolute Gasteiger partial charge is 0.335 e. The minimum atomic E-state index is -1.60. The van der Waals surface area contributed by atoms with Crippen molar-refractivity contribution in [2.45, 2.75) is 6.23 Å². The summed E-state index contributed by atoms with van der Waals surface area (Å²) in [5.74, 6) is -0.503. The van der Waals surface area contributed by atoms with Crippen molar-refractivity contribution in [3.05, 3.63) is 62.3 Å². The molecule has 0 spiro atoms. The number of aliphatic hydroxyl groups excluding tert-OH is 1. The summed E-state index contributed by atoms with van der Waals surface area (Å²) in [5, 5.41) is 28.6. The Labute approximate surface area is 113 Å². The van der Waals surface area contributed by atoms with Gasteiger partial charge in [0.25, 0.3) is 5.56 Å². The normalized spacial score (nSPS) is 11.8. The Balaban J connectivity index is 2.70. The van der Waals surface area contributed by atoms with Gasteiger partial charge in [-0.1, -0.05) is 18.2 Å². The molecule has 0 bridgehead atoms. The number of aromatic hydroxyl groups is 1. The lowest BCUT2D eigenvalue weighted by molar-refractivity contribution is 0.134. The Bertz CT molecular complexity index is 814. The van der Waals surface area contributed by atoms with E-state index in [1.54, 1.807) is 12.1 Å². The first-order chi connectivity index (χ1) is 9.47. The third-order valence-corrected chi connectivity index (χ3v) is 2.93. The molecule has 0 aliphatic heterocycles. The van der Waals surface area contributed by atoms with Crippen molar-refractivity contribution >= 4 is 0 Å². The van der Waals surface area contributed by atoms with Gasteiger partial charge in [0.1, 0.15) is 0 Å². The van der Waals surface area contributed by atoms with E-state index < -0.39 is 23.4 Å². The van der Waals surface area contributed by atoms with Gasteiger partial charge in [0, 0.05) is 12.6 Å². The molecule has 0 fully saturated rings. The van der Waals surface area contributed by atoms with Crippen LogP contribution in [0.3, 0.4) is 0 Å². The second-order valence-electron chi connectivity index (χ2n) is 4.13. The molecule has 0 saturated carbocycles. The molecule has 2 N–H and O–H groups in total. The number of nitriles is 1. The first-order valence-corrected chi connectivity index (χ1v) is 5.66. The molecule has 102 valence electrons. The van der Waals surface area contributed by atoms with Crippen molar-refractivity contribution in [2.24, 2.45) is 7.05 Å². The summed E-state index contributed by atoms with van der Waals surface area (Å²) in [7, 11) is 1.26. The molecule has 0 amide bonds. The molecule has 0 aliphatic rings. The molecular formula is C13H11N3O4. The zero-order chi connectivity index (χ0) is 14.9. The fourth-order valence-corrected chi connectivity index (χ4v) is 1.82. The van der Waals surface area contributed by atoms with Crippen molar-refractivity contribution in [1.82, 2.24) is 9.13 Å². The van der Waals surface area contributed by atoms with Gasteiger partial charge in [0.2, 0.25) is 0 Å². The molecule has 20 heavy (non-hydrogen) atoms. The minimum Gasteiger partial charge on any atom is -0.494 e. The number of aliphatic hydroxyl groups is 1. The highest BCUT2D eigenvalue weighted by Gasteiger charge is 2.19. The summed E-state index contributed by atoms with van der Waals surface area (Å²) in [6.07, 6.45) is -1.60. The molecule has 7 nitrogen and oxygen atoms in total. The van der Waals surface area contributed by atoms with Crippen molar-refractivity contribution in [3.8, 4) is 11.9 Å². The molecule has 0 saturated heterocycles. The largest absolute Gasteiger partial charge is 0.494 e. The summed E-state index contributed by atoms with van der Waals surface area (Å²) < 4.78 is 1.38. The lowest BCUT2D eigenvalue weighted by Gasteiger charge is -2.15. The summed E-state index contributed by atoms with van der Waals surface area (Å²) in [5.41, 5.74) is -1.44. The van der Waals surface area contributed by atoms with Crippen LogP contribution in [0, 0.1) is 11.3 Å². The number of aromatic nitrogens is 2. The average Bonchev–Trinajstić information content (AvgIpc) is 2.44. The fraction of sp³-hybridized carbons (Fsp3) is 0.154. The SMILES string of the molecule is Cn1c(O)cc(=O)n(C(O)c2ccccc2C#N)c1=O. The first kappa shape index (κ1) is 13.6. The molecule has 2 aromatic rings. The monoisotopic (exact) mass is 273 g/mol. The van der Waals surface area contributed by atoms with E-state index in [9.17, 15) is 19.8 Å². The molecule has 2 rings (SSSR count). The first-order valence-electron chi connectivity index (χ1n) is 5.66. The van der Waals surface area contributed by atoms with Gasteiger partial charge in [0.05, 0.1) is 17.7 Å². The van der Waals surface area contributed by atoms with Gasteiger partial charge in [-0.05, 0) is 6.07 Å². The summed E-state index contributed by atoms with van der Waals surface area (Å²) in [4.78, 5) is 23.7. The zero-order valence-corrected chi connectivity index (χ0v) is 10.5. The van der Waals surface area contributed by atoms with Gasteiger partial charge in [0.15, 0.2) is 12.1 Å². The second-order valence-corrected chi connectivity index (χ2v) is 4.13. The van der Waals surface area contributed by atoms with Crippen LogP contribution in [0.15, 0.2) is 39.9 Å². The van der Waals surface area contributed by atoms with E-state index in [1.807, 2.05) is 6.07 Å². The van der Waals surface area contributed by atoms with Crippen LogP contribution in [0.4, 0.5) is 0 Å². The topological polar surface area (TPSA) is 108 Å². The van der Waals surface area contributed by atoms with Crippen LogP contribution in [0.5, 0.6) is 5.88 Å². The van der Waals surface area contributed by atoms with Crippen LogP contribution in [0.1, 0.15) is 17.4 Å². The third-order valence-electron chi connectivity index (χ3n) is 2.93. The predicted molar refractivity (Wildman–Crippen MR) is 69.1 cm³/mol. The maximum Gasteiger partial charge on any atom is 0.335 e. The summed E-state index contributed by atoms with van der Waals surface area (Å²) in [6.45, 7) is 0. The number of rotatable bonds is 2. The van der Waals surface area contributed by atoms with Crippen LogP contribution < -0.4 is 11.2 Å². The lowest BCUT2D eigenvalue weighted by Crippen LogP contribution is -2.41. The van der Waals surface area contributed by atoms with E-state index in [-0.39, 0.29) is 11.1 Å². The van der Waals surface area contributed by atoms with Crippen molar-refractivity contribution in [1.29, 1.82) is 5.26 Å². The Kier molecular flexibility index (Phi) is 3.41. The van der Waals surface area contributed by atoms with E-state index in [2.05, 4.69) is 0 Å². The lowest BCUT2D eigenvalue weighted by atomic mass is 10.1. The highest BCUT2D eigenvalue weighted by atomic mass is 16.3. The van der Waals surface area contributed by atoms with Gasteiger partial charge in [-0.3, -0.25) is 9.36 Å². The van der Waals surface area contributed by atoms with E-state index >= 15 is 0 Å². The number of nitrogens with zero attached hydrogens (tertiary/aromatic N) is 3. The molecule has 1 heterocycles. The van der Waals surface area contributed by atoms with E-state index in [4.69, 9.17) is 5.26 Å². The highest BCUT2D eigenvalue weighted by Crippen LogP contribution is 2.17. The van der Waals surface area contributed by atoms with Crippen LogP contribution in [0.25, 0.3) is 0 Å². The number of hydrogen-bond acceptors (Lipinski definition) is 5. The van der Waals surface area contributed by atoms with Crippen LogP contribution in [0.2, 0.25) is 0 Å². The number of benzene rings is 1. The number of hydrogen-bond donors (Lipinski definition) is 2. The Morgan fingerprint density at radius 2 is 1.95 bits per heavy atom.